The summed E-state index contributed by atoms with van der Waals surface area (Å²) in [4.78, 5) is 24.8. The summed E-state index contributed by atoms with van der Waals surface area (Å²) < 4.78 is 66.2. The molecule has 140 valence electrons. The van der Waals surface area contributed by atoms with Crippen molar-refractivity contribution in [1.82, 2.24) is 0 Å². The summed E-state index contributed by atoms with van der Waals surface area (Å²) in [6, 6.07) is 5.31. The zero-order chi connectivity index (χ0) is 19.9. The molecule has 0 bridgehead atoms. The highest BCUT2D eigenvalue weighted by atomic mass is 19.4. The molecule has 5 nitrogen and oxygen atoms in total. The van der Waals surface area contributed by atoms with Crippen LogP contribution in [0.15, 0.2) is 48.2 Å². The first kappa shape index (κ1) is 18.4. The van der Waals surface area contributed by atoms with Gasteiger partial charge in [-0.2, -0.15) is 13.2 Å². The van der Waals surface area contributed by atoms with Crippen LogP contribution in [0.1, 0.15) is 5.56 Å². The van der Waals surface area contributed by atoms with E-state index in [9.17, 15) is 31.5 Å². The fourth-order valence-electron chi connectivity index (χ4n) is 2.49. The second kappa shape index (κ2) is 6.38. The maximum absolute atomic E-state index is 13.4. The molecule has 2 aromatic carbocycles. The SMILES string of the molecule is O=C1C=C(Nc2cc(F)c(O)c(F)c2)C(=O)N1c1ccccc1C(F)(F)F. The number of nitrogens with one attached hydrogen (secondary N) is 1. The largest absolute Gasteiger partial charge is 0.503 e. The van der Waals surface area contributed by atoms with E-state index in [4.69, 9.17) is 5.11 Å². The lowest BCUT2D eigenvalue weighted by molar-refractivity contribution is -0.137. The van der Waals surface area contributed by atoms with Crippen molar-refractivity contribution in [2.75, 3.05) is 10.2 Å². The van der Waals surface area contributed by atoms with Gasteiger partial charge in [0.05, 0.1) is 11.3 Å². The van der Waals surface area contributed by atoms with Crippen LogP contribution in [0.5, 0.6) is 5.75 Å². The highest BCUT2D eigenvalue weighted by Crippen LogP contribution is 2.38. The predicted octanol–water partition coefficient (Wildman–Crippen LogP) is 3.56. The number of carbonyl (C=O) groups excluding carboxylic acids is 2. The Morgan fingerprint density at radius 1 is 1.00 bits per heavy atom. The smallest absolute Gasteiger partial charge is 0.418 e. The van der Waals surface area contributed by atoms with Crippen LogP contribution in [-0.2, 0) is 15.8 Å². The normalized spacial score (nSPS) is 14.6. The highest BCUT2D eigenvalue weighted by molar-refractivity contribution is 6.31. The Morgan fingerprint density at radius 2 is 1.59 bits per heavy atom. The van der Waals surface area contributed by atoms with Crippen molar-refractivity contribution in [2.45, 2.75) is 6.18 Å². The average molecular weight is 384 g/mol. The first-order chi connectivity index (χ1) is 12.6. The van der Waals surface area contributed by atoms with Crippen molar-refractivity contribution in [3.63, 3.8) is 0 Å². The van der Waals surface area contributed by atoms with E-state index in [1.54, 1.807) is 0 Å². The van der Waals surface area contributed by atoms with Crippen molar-refractivity contribution in [3.8, 4) is 5.75 Å². The minimum absolute atomic E-state index is 0.304. The number of benzene rings is 2. The third kappa shape index (κ3) is 3.33. The van der Waals surface area contributed by atoms with Gasteiger partial charge >= 0.3 is 6.18 Å². The van der Waals surface area contributed by atoms with Crippen molar-refractivity contribution in [1.29, 1.82) is 0 Å². The summed E-state index contributed by atoms with van der Waals surface area (Å²) >= 11 is 0. The van der Waals surface area contributed by atoms with Gasteiger partial charge in [-0.25, -0.2) is 13.7 Å². The number of nitrogens with zero attached hydrogens (tertiary/aromatic N) is 1. The molecule has 10 heteroatoms. The van der Waals surface area contributed by atoms with Crippen molar-refractivity contribution >= 4 is 23.2 Å². The van der Waals surface area contributed by atoms with Gasteiger partial charge in [-0.1, -0.05) is 12.1 Å². The van der Waals surface area contributed by atoms with E-state index in [0.29, 0.717) is 29.2 Å². The summed E-state index contributed by atoms with van der Waals surface area (Å²) in [7, 11) is 0. The zero-order valence-electron chi connectivity index (χ0n) is 13.1. The Bertz CT molecular complexity index is 962. The van der Waals surface area contributed by atoms with Crippen LogP contribution in [0, 0.1) is 11.6 Å². The number of carbonyl (C=O) groups is 2. The fourth-order valence-corrected chi connectivity index (χ4v) is 2.49. The van der Waals surface area contributed by atoms with E-state index in [0.717, 1.165) is 12.1 Å². The van der Waals surface area contributed by atoms with Crippen LogP contribution in [-0.4, -0.2) is 16.9 Å². The third-order valence-corrected chi connectivity index (χ3v) is 3.67. The second-order valence-corrected chi connectivity index (χ2v) is 5.47. The molecule has 0 fully saturated rings. The molecule has 2 amide bonds. The van der Waals surface area contributed by atoms with Crippen LogP contribution in [0.25, 0.3) is 0 Å². The van der Waals surface area contributed by atoms with Gasteiger partial charge in [0.25, 0.3) is 11.8 Å². The molecule has 1 aliphatic heterocycles. The molecular formula is C17H9F5N2O3. The number of hydrogen-bond donors (Lipinski definition) is 2. The van der Waals surface area contributed by atoms with Crippen LogP contribution < -0.4 is 10.2 Å². The number of para-hydroxylation sites is 1. The molecule has 27 heavy (non-hydrogen) atoms. The average Bonchev–Trinajstić information content (AvgIpc) is 2.85. The number of rotatable bonds is 3. The summed E-state index contributed by atoms with van der Waals surface area (Å²) in [6.45, 7) is 0. The Balaban J connectivity index is 1.93. The van der Waals surface area contributed by atoms with Gasteiger partial charge in [0, 0.05) is 23.9 Å². The maximum atomic E-state index is 13.4. The monoisotopic (exact) mass is 384 g/mol. The predicted molar refractivity (Wildman–Crippen MR) is 83.7 cm³/mol. The second-order valence-electron chi connectivity index (χ2n) is 5.47. The Hall–Kier alpha value is -3.43. The van der Waals surface area contributed by atoms with Gasteiger partial charge in [-0.05, 0) is 12.1 Å². The molecule has 3 rings (SSSR count). The molecule has 0 atom stereocenters. The number of phenolic OH excluding ortho intramolecular Hbond substituents is 1. The lowest BCUT2D eigenvalue weighted by Gasteiger charge is -2.20. The Morgan fingerprint density at radius 3 is 2.19 bits per heavy atom. The summed E-state index contributed by atoms with van der Waals surface area (Å²) in [5, 5.41) is 11.3. The molecule has 2 N–H and O–H groups in total. The summed E-state index contributed by atoms with van der Waals surface area (Å²) in [5.41, 5.74) is -2.66. The van der Waals surface area contributed by atoms with E-state index in [1.165, 1.54) is 6.07 Å². The molecule has 0 unspecified atom stereocenters. The first-order valence-corrected chi connectivity index (χ1v) is 7.31. The van der Waals surface area contributed by atoms with Crippen LogP contribution in [0.4, 0.5) is 33.3 Å². The number of aromatic hydroxyl groups is 1. The zero-order valence-corrected chi connectivity index (χ0v) is 13.1. The number of anilines is 2. The standard InChI is InChI=1S/C17H9F5N2O3/c18-10-5-8(6-11(19)15(10)26)23-12-7-14(25)24(16(12)27)13-4-2-1-3-9(13)17(20,21)22/h1-7,23,26H. The number of phenols is 1. The molecule has 0 radical (unpaired) electrons. The minimum atomic E-state index is -4.81. The van der Waals surface area contributed by atoms with E-state index in [1.807, 2.05) is 0 Å². The van der Waals surface area contributed by atoms with E-state index in [-0.39, 0.29) is 5.69 Å². The Labute approximate surface area is 148 Å². The maximum Gasteiger partial charge on any atom is 0.418 e. The molecule has 0 saturated heterocycles. The number of hydrogen-bond acceptors (Lipinski definition) is 4. The molecule has 2 aromatic rings. The van der Waals surface area contributed by atoms with Crippen LogP contribution >= 0.6 is 0 Å². The minimum Gasteiger partial charge on any atom is -0.503 e. The topological polar surface area (TPSA) is 69.6 Å². The van der Waals surface area contributed by atoms with Crippen molar-refractivity contribution in [2.24, 2.45) is 0 Å². The van der Waals surface area contributed by atoms with E-state index >= 15 is 0 Å². The molecule has 0 aromatic heterocycles. The van der Waals surface area contributed by atoms with Gasteiger partial charge in [-0.3, -0.25) is 9.59 Å². The van der Waals surface area contributed by atoms with Crippen molar-refractivity contribution < 1.29 is 36.6 Å². The molecule has 0 aliphatic carbocycles. The van der Waals surface area contributed by atoms with Crippen LogP contribution in [0.2, 0.25) is 0 Å². The molecular weight excluding hydrogens is 375 g/mol. The number of halogens is 5. The number of imide groups is 1. The molecule has 1 heterocycles. The van der Waals surface area contributed by atoms with Crippen molar-refractivity contribution in [3.05, 3.63) is 65.4 Å². The van der Waals surface area contributed by atoms with Gasteiger partial charge in [0.1, 0.15) is 5.70 Å². The number of alkyl halides is 3. The molecule has 1 aliphatic rings. The van der Waals surface area contributed by atoms with Crippen LogP contribution in [0.3, 0.4) is 0 Å². The van der Waals surface area contributed by atoms with E-state index in [2.05, 4.69) is 5.32 Å². The van der Waals surface area contributed by atoms with E-state index < -0.39 is 52.3 Å². The van der Waals surface area contributed by atoms with Gasteiger partial charge in [-0.15, -0.1) is 0 Å². The molecule has 0 spiro atoms. The lowest BCUT2D eigenvalue weighted by Crippen LogP contribution is -2.33. The lowest BCUT2D eigenvalue weighted by atomic mass is 10.1. The summed E-state index contributed by atoms with van der Waals surface area (Å²) in [5.74, 6) is -6.07. The Kier molecular flexibility index (Phi) is 4.34. The number of amides is 2. The highest BCUT2D eigenvalue weighted by Gasteiger charge is 2.40. The quantitative estimate of drug-likeness (QED) is 0.482. The fraction of sp³-hybridized carbons (Fsp3) is 0.0588. The summed E-state index contributed by atoms with van der Waals surface area (Å²) in [6.07, 6.45) is -4.10. The van der Waals surface area contributed by atoms with Gasteiger partial charge in [0.2, 0.25) is 0 Å². The van der Waals surface area contributed by atoms with Gasteiger partial charge < -0.3 is 10.4 Å². The van der Waals surface area contributed by atoms with Gasteiger partial charge in [0.15, 0.2) is 17.4 Å². The molecule has 0 saturated carbocycles. The third-order valence-electron chi connectivity index (χ3n) is 3.67. The first-order valence-electron chi connectivity index (χ1n) is 7.31.